The monoisotopic (exact) mass is 261 g/mol. The van der Waals surface area contributed by atoms with Crippen molar-refractivity contribution in [3.8, 4) is 0 Å². The molecule has 0 heterocycles. The molecule has 1 aromatic carbocycles. The second-order valence-electron chi connectivity index (χ2n) is 6.39. The summed E-state index contributed by atoms with van der Waals surface area (Å²) < 4.78 is 0. The van der Waals surface area contributed by atoms with Crippen molar-refractivity contribution in [1.29, 1.82) is 0 Å². The Morgan fingerprint density at radius 2 is 1.68 bits per heavy atom. The van der Waals surface area contributed by atoms with E-state index in [1.165, 1.54) is 5.56 Å². The van der Waals surface area contributed by atoms with Crippen LogP contribution in [0.4, 0.5) is 0 Å². The molecule has 0 amide bonds. The van der Waals surface area contributed by atoms with Gasteiger partial charge in [0.25, 0.3) is 0 Å². The van der Waals surface area contributed by atoms with Gasteiger partial charge in [-0.15, -0.1) is 0 Å². The van der Waals surface area contributed by atoms with Crippen molar-refractivity contribution in [2.75, 3.05) is 0 Å². The Hall–Kier alpha value is -1.15. The third-order valence-corrected chi connectivity index (χ3v) is 3.58. The molecule has 2 nitrogen and oxygen atoms in total. The number of hydrogen-bond acceptors (Lipinski definition) is 2. The summed E-state index contributed by atoms with van der Waals surface area (Å²) in [4.78, 5) is 12.3. The minimum Gasteiger partial charge on any atom is -0.305 e. The van der Waals surface area contributed by atoms with Crippen molar-refractivity contribution < 1.29 is 4.79 Å². The van der Waals surface area contributed by atoms with Crippen LogP contribution in [-0.2, 0) is 5.41 Å². The number of hydrogen-bond donors (Lipinski definition) is 1. The highest BCUT2D eigenvalue weighted by atomic mass is 16.1. The fraction of sp³-hybridized carbons (Fsp3) is 0.588. The molecule has 2 atom stereocenters. The van der Waals surface area contributed by atoms with E-state index in [2.05, 4.69) is 52.1 Å². The van der Waals surface area contributed by atoms with Gasteiger partial charge in [0.2, 0.25) is 0 Å². The first-order valence-corrected chi connectivity index (χ1v) is 7.16. The first kappa shape index (κ1) is 15.9. The van der Waals surface area contributed by atoms with Crippen LogP contribution in [0.25, 0.3) is 0 Å². The zero-order chi connectivity index (χ0) is 14.6. The summed E-state index contributed by atoms with van der Waals surface area (Å²) in [5, 5.41) is 3.32. The van der Waals surface area contributed by atoms with E-state index in [0.29, 0.717) is 6.04 Å². The maximum absolute atomic E-state index is 12.3. The molecule has 2 unspecified atom stereocenters. The Kier molecular flexibility index (Phi) is 5.30. The van der Waals surface area contributed by atoms with Crippen LogP contribution in [0.1, 0.15) is 63.9 Å². The lowest BCUT2D eigenvalue weighted by Gasteiger charge is -2.20. The van der Waals surface area contributed by atoms with Crippen LogP contribution < -0.4 is 5.32 Å². The van der Waals surface area contributed by atoms with Crippen molar-refractivity contribution in [2.24, 2.45) is 0 Å². The second-order valence-corrected chi connectivity index (χ2v) is 6.39. The fourth-order valence-corrected chi connectivity index (χ4v) is 2.00. The smallest absolute Gasteiger partial charge is 0.179 e. The van der Waals surface area contributed by atoms with Gasteiger partial charge in [-0.1, -0.05) is 52.0 Å². The molecule has 106 valence electrons. The summed E-state index contributed by atoms with van der Waals surface area (Å²) in [5.41, 5.74) is 2.17. The maximum atomic E-state index is 12.3. The lowest BCUT2D eigenvalue weighted by Crippen LogP contribution is -2.39. The summed E-state index contributed by atoms with van der Waals surface area (Å²) in [7, 11) is 0. The van der Waals surface area contributed by atoms with Gasteiger partial charge < -0.3 is 5.32 Å². The number of Topliss-reactive ketones (excluding diaryl/α,β-unsaturated/α-hetero) is 1. The lowest BCUT2D eigenvalue weighted by atomic mass is 9.86. The van der Waals surface area contributed by atoms with Gasteiger partial charge in [0.15, 0.2) is 5.78 Å². The Balaban J connectivity index is 2.78. The number of benzene rings is 1. The highest BCUT2D eigenvalue weighted by molar-refractivity contribution is 5.99. The molecule has 2 heteroatoms. The van der Waals surface area contributed by atoms with Crippen molar-refractivity contribution in [2.45, 2.75) is 65.5 Å². The average Bonchev–Trinajstić information content (AvgIpc) is 2.36. The number of carbonyl (C=O) groups excluding carboxylic acids is 1. The minimum absolute atomic E-state index is 0.127. The van der Waals surface area contributed by atoms with E-state index >= 15 is 0 Å². The molecule has 0 bridgehead atoms. The normalized spacial score (nSPS) is 15.1. The third kappa shape index (κ3) is 4.46. The van der Waals surface area contributed by atoms with Crippen LogP contribution in [0, 0.1) is 0 Å². The topological polar surface area (TPSA) is 29.1 Å². The Morgan fingerprint density at radius 1 is 1.16 bits per heavy atom. The van der Waals surface area contributed by atoms with Crippen molar-refractivity contribution in [3.05, 3.63) is 35.4 Å². The number of rotatable bonds is 5. The van der Waals surface area contributed by atoms with E-state index in [9.17, 15) is 4.79 Å². The van der Waals surface area contributed by atoms with Gasteiger partial charge in [-0.05, 0) is 31.2 Å². The zero-order valence-corrected chi connectivity index (χ0v) is 13.1. The summed E-state index contributed by atoms with van der Waals surface area (Å²) in [6.07, 6.45) is 1.03. The summed E-state index contributed by atoms with van der Waals surface area (Å²) >= 11 is 0. The quantitative estimate of drug-likeness (QED) is 0.813. The van der Waals surface area contributed by atoms with Gasteiger partial charge in [0.1, 0.15) is 0 Å². The van der Waals surface area contributed by atoms with E-state index in [1.807, 2.05) is 19.1 Å². The molecule has 0 aliphatic rings. The Bertz CT molecular complexity index is 414. The molecule has 1 rings (SSSR count). The van der Waals surface area contributed by atoms with E-state index in [0.717, 1.165) is 12.0 Å². The molecule has 1 aromatic rings. The second kappa shape index (κ2) is 6.33. The summed E-state index contributed by atoms with van der Waals surface area (Å²) in [6.45, 7) is 12.7. The Labute approximate surface area is 117 Å². The van der Waals surface area contributed by atoms with Crippen molar-refractivity contribution in [3.63, 3.8) is 0 Å². The third-order valence-electron chi connectivity index (χ3n) is 3.58. The maximum Gasteiger partial charge on any atom is 0.179 e. The van der Waals surface area contributed by atoms with Crippen LogP contribution in [0.15, 0.2) is 24.3 Å². The fourth-order valence-electron chi connectivity index (χ4n) is 2.00. The van der Waals surface area contributed by atoms with Crippen molar-refractivity contribution >= 4 is 5.78 Å². The molecule has 0 aliphatic heterocycles. The number of carbonyl (C=O) groups is 1. The molecular formula is C17H27NO. The molecule has 0 aromatic heterocycles. The van der Waals surface area contributed by atoms with Gasteiger partial charge >= 0.3 is 0 Å². The van der Waals surface area contributed by atoms with Crippen LogP contribution >= 0.6 is 0 Å². The molecule has 1 N–H and O–H groups in total. The van der Waals surface area contributed by atoms with E-state index in [1.54, 1.807) is 0 Å². The summed E-state index contributed by atoms with van der Waals surface area (Å²) in [5.74, 6) is 0.167. The van der Waals surface area contributed by atoms with Crippen LogP contribution in [0.2, 0.25) is 0 Å². The van der Waals surface area contributed by atoms with Crippen LogP contribution in [0.5, 0.6) is 0 Å². The lowest BCUT2D eigenvalue weighted by molar-refractivity contribution is 0.0945. The van der Waals surface area contributed by atoms with E-state index < -0.39 is 0 Å². The van der Waals surface area contributed by atoms with Gasteiger partial charge in [-0.3, -0.25) is 4.79 Å². The van der Waals surface area contributed by atoms with Gasteiger partial charge in [0, 0.05) is 11.6 Å². The van der Waals surface area contributed by atoms with Crippen LogP contribution in [-0.4, -0.2) is 17.9 Å². The SMILES string of the molecule is CCC(C)NC(C)C(=O)c1ccc(C(C)(C)C)cc1. The van der Waals surface area contributed by atoms with E-state index in [4.69, 9.17) is 0 Å². The molecule has 0 fully saturated rings. The largest absolute Gasteiger partial charge is 0.305 e. The molecule has 0 aliphatic carbocycles. The zero-order valence-electron chi connectivity index (χ0n) is 13.1. The highest BCUT2D eigenvalue weighted by Gasteiger charge is 2.18. The molecular weight excluding hydrogens is 234 g/mol. The molecule has 0 saturated carbocycles. The predicted octanol–water partition coefficient (Wildman–Crippen LogP) is 3.94. The molecule has 0 spiro atoms. The highest BCUT2D eigenvalue weighted by Crippen LogP contribution is 2.22. The average molecular weight is 261 g/mol. The van der Waals surface area contributed by atoms with E-state index in [-0.39, 0.29) is 17.2 Å². The Morgan fingerprint density at radius 3 is 2.11 bits per heavy atom. The standard InChI is InChI=1S/C17H27NO/c1-7-12(2)18-13(3)16(19)14-8-10-15(11-9-14)17(4,5)6/h8-13,18H,7H2,1-6H3. The summed E-state index contributed by atoms with van der Waals surface area (Å²) in [6, 6.07) is 8.24. The van der Waals surface area contributed by atoms with Crippen LogP contribution in [0.3, 0.4) is 0 Å². The van der Waals surface area contributed by atoms with Crippen molar-refractivity contribution in [1.82, 2.24) is 5.32 Å². The van der Waals surface area contributed by atoms with Gasteiger partial charge in [-0.2, -0.15) is 0 Å². The van der Waals surface area contributed by atoms with Gasteiger partial charge in [-0.25, -0.2) is 0 Å². The molecule has 19 heavy (non-hydrogen) atoms. The van der Waals surface area contributed by atoms with Gasteiger partial charge in [0.05, 0.1) is 6.04 Å². The first-order valence-electron chi connectivity index (χ1n) is 7.16. The molecule has 0 saturated heterocycles. The molecule has 0 radical (unpaired) electrons. The first-order chi connectivity index (χ1) is 8.75. The number of ketones is 1. The number of nitrogens with one attached hydrogen (secondary N) is 1. The predicted molar refractivity (Wildman–Crippen MR) is 81.8 cm³/mol. The minimum atomic E-state index is -0.129.